The van der Waals surface area contributed by atoms with E-state index < -0.39 is 5.97 Å². The van der Waals surface area contributed by atoms with Crippen molar-refractivity contribution in [3.63, 3.8) is 0 Å². The maximum Gasteiger partial charge on any atom is 0.335 e. The molecule has 1 saturated heterocycles. The Hall–Kier alpha value is -3.59. The van der Waals surface area contributed by atoms with Gasteiger partial charge in [0.1, 0.15) is 23.8 Å². The van der Waals surface area contributed by atoms with Crippen LogP contribution >= 0.6 is 34.5 Å². The van der Waals surface area contributed by atoms with Gasteiger partial charge >= 0.3 is 5.97 Å². The zero-order valence-corrected chi connectivity index (χ0v) is 26.1. The molecule has 1 unspecified atom stereocenters. The van der Waals surface area contributed by atoms with Crippen molar-refractivity contribution in [3.05, 3.63) is 92.7 Å². The van der Waals surface area contributed by atoms with Gasteiger partial charge in [-0.15, -0.1) is 0 Å². The lowest BCUT2D eigenvalue weighted by molar-refractivity contribution is 0.0697. The molecule has 0 amide bonds. The third-order valence-corrected chi connectivity index (χ3v) is 11.1. The fourth-order valence-electron chi connectivity index (χ4n) is 6.95. The van der Waals surface area contributed by atoms with Crippen LogP contribution in [0.1, 0.15) is 70.8 Å². The standard InChI is InChI=1S/C34H29Cl2N3O4S/c35-25-4-1-5-26(36)29(25)30-23(31(43-38-30)20-6-7-20)17-42-22-10-8-19-3-2-12-34(24(19)16-22)13-14-39(18-34)33-37-27-11-9-21(32(40)41)15-28(27)44-33/h1,4-5,8-11,15-16,20H,2-3,6-7,12-14,17-18H2,(H,40,41). The van der Waals surface area contributed by atoms with Crippen LogP contribution in [0.25, 0.3) is 21.5 Å². The summed E-state index contributed by atoms with van der Waals surface area (Å²) in [5, 5.41) is 15.8. The molecule has 2 fully saturated rings. The topological polar surface area (TPSA) is 88.7 Å². The Morgan fingerprint density at radius 3 is 2.75 bits per heavy atom. The summed E-state index contributed by atoms with van der Waals surface area (Å²) in [5.74, 6) is 1.12. The van der Waals surface area contributed by atoms with Crippen molar-refractivity contribution in [1.29, 1.82) is 0 Å². The lowest BCUT2D eigenvalue weighted by Crippen LogP contribution is -2.34. The van der Waals surface area contributed by atoms with Crippen LogP contribution in [0.15, 0.2) is 59.1 Å². The summed E-state index contributed by atoms with van der Waals surface area (Å²) >= 11 is 14.7. The minimum atomic E-state index is -0.921. The SMILES string of the molecule is O=C(O)c1ccc2nc(N3CCC4(CCCc5ccc(OCc6c(-c7c(Cl)cccc7Cl)noc6C6CC6)cc54)C3)sc2c1. The molecule has 0 radical (unpaired) electrons. The average Bonchev–Trinajstić information content (AvgIpc) is 3.42. The summed E-state index contributed by atoms with van der Waals surface area (Å²) in [6.07, 6.45) is 6.50. The lowest BCUT2D eigenvalue weighted by Gasteiger charge is -2.36. The molecule has 1 spiro atoms. The number of ether oxygens (including phenoxy) is 1. The Kier molecular flexibility index (Phi) is 6.85. The number of fused-ring (bicyclic) bond motifs is 3. The van der Waals surface area contributed by atoms with E-state index in [1.807, 2.05) is 18.2 Å². The summed E-state index contributed by atoms with van der Waals surface area (Å²) in [6.45, 7) is 2.10. The van der Waals surface area contributed by atoms with Gasteiger partial charge in [0.15, 0.2) is 5.13 Å². The molecule has 2 aromatic heterocycles. The number of hydrogen-bond acceptors (Lipinski definition) is 7. The van der Waals surface area contributed by atoms with E-state index in [4.69, 9.17) is 37.4 Å². The number of carbonyl (C=O) groups is 1. The van der Waals surface area contributed by atoms with Gasteiger partial charge in [0.05, 0.1) is 31.4 Å². The van der Waals surface area contributed by atoms with E-state index in [0.717, 1.165) is 84.0 Å². The van der Waals surface area contributed by atoms with Gasteiger partial charge in [0.2, 0.25) is 0 Å². The number of aromatic carboxylic acids is 1. The molecule has 3 aliphatic rings. The average molecular weight is 647 g/mol. The number of halogens is 2. The number of nitrogens with zero attached hydrogens (tertiary/aromatic N) is 3. The van der Waals surface area contributed by atoms with E-state index in [1.54, 1.807) is 29.5 Å². The van der Waals surface area contributed by atoms with Crippen molar-refractivity contribution in [1.82, 2.24) is 10.1 Å². The second-order valence-corrected chi connectivity index (χ2v) is 14.0. The molecule has 8 rings (SSSR count). The fraction of sp³-hybridized carbons (Fsp3) is 0.324. The van der Waals surface area contributed by atoms with E-state index in [0.29, 0.717) is 33.8 Å². The number of benzene rings is 3. The first kappa shape index (κ1) is 27.9. The molecule has 7 nitrogen and oxygen atoms in total. The zero-order valence-electron chi connectivity index (χ0n) is 23.8. The molecule has 5 aromatic rings. The minimum absolute atomic E-state index is 0.0175. The number of aryl methyl sites for hydroxylation is 1. The molecular weight excluding hydrogens is 617 g/mol. The van der Waals surface area contributed by atoms with Crippen LogP contribution in [0.5, 0.6) is 5.75 Å². The summed E-state index contributed by atoms with van der Waals surface area (Å²) in [6, 6.07) is 17.1. The van der Waals surface area contributed by atoms with Gasteiger partial charge in [-0.05, 0) is 92.1 Å². The van der Waals surface area contributed by atoms with Crippen LogP contribution in [0.2, 0.25) is 10.0 Å². The van der Waals surface area contributed by atoms with Gasteiger partial charge in [-0.25, -0.2) is 9.78 Å². The Labute approximate surface area is 268 Å². The Balaban J connectivity index is 1.07. The van der Waals surface area contributed by atoms with Gasteiger partial charge in [-0.2, -0.15) is 0 Å². The normalized spacial score (nSPS) is 19.5. The maximum atomic E-state index is 11.5. The molecule has 44 heavy (non-hydrogen) atoms. The van der Waals surface area contributed by atoms with Crippen molar-refractivity contribution >= 4 is 55.9 Å². The molecule has 3 heterocycles. The number of anilines is 1. The van der Waals surface area contributed by atoms with Gasteiger partial charge in [0, 0.05) is 30.0 Å². The largest absolute Gasteiger partial charge is 0.489 e. The highest BCUT2D eigenvalue weighted by Gasteiger charge is 2.43. The summed E-state index contributed by atoms with van der Waals surface area (Å²) in [5.41, 5.74) is 6.12. The molecule has 2 aliphatic carbocycles. The number of aromatic nitrogens is 2. The van der Waals surface area contributed by atoms with Crippen LogP contribution in [0.4, 0.5) is 5.13 Å². The molecule has 1 N–H and O–H groups in total. The summed E-state index contributed by atoms with van der Waals surface area (Å²) in [7, 11) is 0. The first-order chi connectivity index (χ1) is 21.4. The van der Waals surface area contributed by atoms with Crippen LogP contribution in [-0.4, -0.2) is 34.3 Å². The minimum Gasteiger partial charge on any atom is -0.489 e. The fourth-order valence-corrected chi connectivity index (χ4v) is 8.56. The maximum absolute atomic E-state index is 11.5. The first-order valence-corrected chi connectivity index (χ1v) is 16.5. The predicted molar refractivity (Wildman–Crippen MR) is 173 cm³/mol. The Morgan fingerprint density at radius 1 is 1.11 bits per heavy atom. The molecule has 0 bridgehead atoms. The highest BCUT2D eigenvalue weighted by molar-refractivity contribution is 7.22. The smallest absolute Gasteiger partial charge is 0.335 e. The molecule has 1 atom stereocenters. The third-order valence-electron chi connectivity index (χ3n) is 9.35. The molecule has 224 valence electrons. The van der Waals surface area contributed by atoms with Gasteiger partial charge in [-0.3, -0.25) is 0 Å². The molecule has 10 heteroatoms. The monoisotopic (exact) mass is 645 g/mol. The zero-order chi connectivity index (χ0) is 30.0. The second kappa shape index (κ2) is 10.8. The Bertz CT molecular complexity index is 1910. The van der Waals surface area contributed by atoms with E-state index in [2.05, 4.69) is 28.3 Å². The highest BCUT2D eigenvalue weighted by Crippen LogP contribution is 2.48. The van der Waals surface area contributed by atoms with Crippen molar-refractivity contribution in [2.24, 2.45) is 0 Å². The molecule has 1 saturated carbocycles. The van der Waals surface area contributed by atoms with E-state index in [1.165, 1.54) is 11.1 Å². The number of thiazole rings is 1. The summed E-state index contributed by atoms with van der Waals surface area (Å²) in [4.78, 5) is 18.7. The second-order valence-electron chi connectivity index (χ2n) is 12.1. The first-order valence-electron chi connectivity index (χ1n) is 15.0. The van der Waals surface area contributed by atoms with Crippen LogP contribution in [0, 0.1) is 0 Å². The number of carboxylic acids is 1. The number of hydrogen-bond donors (Lipinski definition) is 1. The van der Waals surface area contributed by atoms with Crippen molar-refractivity contribution in [3.8, 4) is 17.0 Å². The van der Waals surface area contributed by atoms with E-state index in [9.17, 15) is 9.90 Å². The van der Waals surface area contributed by atoms with E-state index >= 15 is 0 Å². The van der Waals surface area contributed by atoms with Crippen LogP contribution < -0.4 is 9.64 Å². The van der Waals surface area contributed by atoms with Gasteiger partial charge < -0.3 is 19.3 Å². The van der Waals surface area contributed by atoms with Crippen LogP contribution in [0.3, 0.4) is 0 Å². The van der Waals surface area contributed by atoms with E-state index in [-0.39, 0.29) is 11.0 Å². The van der Waals surface area contributed by atoms with Crippen molar-refractivity contribution in [2.75, 3.05) is 18.0 Å². The number of rotatable bonds is 7. The van der Waals surface area contributed by atoms with Crippen LogP contribution in [-0.2, 0) is 18.4 Å². The van der Waals surface area contributed by atoms with Gasteiger partial charge in [-0.1, -0.05) is 51.8 Å². The van der Waals surface area contributed by atoms with Crippen molar-refractivity contribution in [2.45, 2.75) is 56.5 Å². The predicted octanol–water partition coefficient (Wildman–Crippen LogP) is 8.90. The van der Waals surface area contributed by atoms with Gasteiger partial charge in [0.25, 0.3) is 0 Å². The molecule has 3 aromatic carbocycles. The van der Waals surface area contributed by atoms with Crippen molar-refractivity contribution < 1.29 is 19.2 Å². The molecular formula is C34H29Cl2N3O4S. The third kappa shape index (κ3) is 4.84. The highest BCUT2D eigenvalue weighted by atomic mass is 35.5. The lowest BCUT2D eigenvalue weighted by atomic mass is 9.69. The molecule has 1 aliphatic heterocycles. The number of carboxylic acid groups (broad SMARTS) is 1. The quantitative estimate of drug-likeness (QED) is 0.189. The summed E-state index contributed by atoms with van der Waals surface area (Å²) < 4.78 is 13.3. The Morgan fingerprint density at radius 2 is 1.95 bits per heavy atom.